The maximum absolute atomic E-state index is 13.2. The van der Waals surface area contributed by atoms with Gasteiger partial charge < -0.3 is 5.32 Å². The molecule has 0 saturated carbocycles. The van der Waals surface area contributed by atoms with E-state index in [9.17, 15) is 9.18 Å². The summed E-state index contributed by atoms with van der Waals surface area (Å²) in [5, 5.41) is 7.75. The topological polar surface area (TPSA) is 59.8 Å². The molecule has 2 heterocycles. The molecule has 0 unspecified atom stereocenters. The molecule has 1 aromatic carbocycles. The lowest BCUT2D eigenvalue weighted by Crippen LogP contribution is -2.14. The van der Waals surface area contributed by atoms with E-state index in [0.717, 1.165) is 11.0 Å². The number of rotatable bonds is 3. The predicted octanol–water partition coefficient (Wildman–Crippen LogP) is 4.37. The van der Waals surface area contributed by atoms with Gasteiger partial charge in [-0.3, -0.25) is 4.79 Å². The van der Waals surface area contributed by atoms with Gasteiger partial charge in [-0.2, -0.15) is 5.10 Å². The molecule has 5 nitrogen and oxygen atoms in total. The number of pyridine rings is 1. The molecule has 0 radical (unpaired) electrons. The quantitative estimate of drug-likeness (QED) is 0.766. The lowest BCUT2D eigenvalue weighted by atomic mass is 10.1. The highest BCUT2D eigenvalue weighted by Crippen LogP contribution is 2.22. The SMILES string of the molecule is Cc1nc2c(cnn2C(C)C)cc1C(=O)Nc1ccc(F)c(Cl)c1. The Labute approximate surface area is 143 Å². The first kappa shape index (κ1) is 16.4. The summed E-state index contributed by atoms with van der Waals surface area (Å²) in [4.78, 5) is 17.0. The van der Waals surface area contributed by atoms with E-state index in [2.05, 4.69) is 15.4 Å². The fraction of sp³-hybridized carbons (Fsp3) is 0.235. The van der Waals surface area contributed by atoms with Crippen LogP contribution in [0.2, 0.25) is 5.02 Å². The second-order valence-electron chi connectivity index (χ2n) is 5.80. The summed E-state index contributed by atoms with van der Waals surface area (Å²) in [6, 6.07) is 5.96. The third-order valence-corrected chi connectivity index (χ3v) is 3.96. The molecular weight excluding hydrogens is 331 g/mol. The van der Waals surface area contributed by atoms with E-state index >= 15 is 0 Å². The average molecular weight is 347 g/mol. The smallest absolute Gasteiger partial charge is 0.257 e. The maximum atomic E-state index is 13.2. The molecule has 0 bridgehead atoms. The van der Waals surface area contributed by atoms with E-state index in [0.29, 0.717) is 16.9 Å². The number of aromatic nitrogens is 3. The van der Waals surface area contributed by atoms with Crippen LogP contribution in [0, 0.1) is 12.7 Å². The first-order valence-electron chi connectivity index (χ1n) is 7.48. The molecule has 24 heavy (non-hydrogen) atoms. The van der Waals surface area contributed by atoms with E-state index < -0.39 is 5.82 Å². The third kappa shape index (κ3) is 2.97. The van der Waals surface area contributed by atoms with Crippen molar-refractivity contribution in [2.24, 2.45) is 0 Å². The van der Waals surface area contributed by atoms with Crippen LogP contribution in [0.3, 0.4) is 0 Å². The van der Waals surface area contributed by atoms with Gasteiger partial charge in [-0.25, -0.2) is 14.1 Å². The standard InChI is InChI=1S/C17H16ClFN4O/c1-9(2)23-16-11(8-20-23)6-13(10(3)21-16)17(24)22-12-4-5-15(19)14(18)7-12/h4-9H,1-3H3,(H,22,24). The highest BCUT2D eigenvalue weighted by Gasteiger charge is 2.16. The van der Waals surface area contributed by atoms with Gasteiger partial charge >= 0.3 is 0 Å². The lowest BCUT2D eigenvalue weighted by Gasteiger charge is -2.10. The zero-order chi connectivity index (χ0) is 17.4. The number of halogens is 2. The molecule has 1 N–H and O–H groups in total. The van der Waals surface area contributed by atoms with Crippen LogP contribution in [0.15, 0.2) is 30.5 Å². The van der Waals surface area contributed by atoms with E-state index in [1.807, 2.05) is 18.5 Å². The molecule has 0 aliphatic heterocycles. The Hall–Kier alpha value is -2.47. The molecule has 0 fully saturated rings. The van der Waals surface area contributed by atoms with Gasteiger partial charge in [-0.15, -0.1) is 0 Å². The number of hydrogen-bond donors (Lipinski definition) is 1. The van der Waals surface area contributed by atoms with Crippen LogP contribution in [-0.2, 0) is 0 Å². The minimum absolute atomic E-state index is 0.0451. The van der Waals surface area contributed by atoms with Crippen LogP contribution < -0.4 is 5.32 Å². The van der Waals surface area contributed by atoms with Crippen molar-refractivity contribution in [1.29, 1.82) is 0 Å². The van der Waals surface area contributed by atoms with Gasteiger partial charge in [0.25, 0.3) is 5.91 Å². The molecule has 0 aliphatic carbocycles. The normalized spacial score (nSPS) is 11.2. The summed E-state index contributed by atoms with van der Waals surface area (Å²) in [7, 11) is 0. The van der Waals surface area contributed by atoms with Gasteiger partial charge in [0, 0.05) is 17.1 Å². The number of fused-ring (bicyclic) bond motifs is 1. The van der Waals surface area contributed by atoms with Crippen molar-refractivity contribution >= 4 is 34.2 Å². The van der Waals surface area contributed by atoms with Crippen LogP contribution in [0.4, 0.5) is 10.1 Å². The van der Waals surface area contributed by atoms with Crippen LogP contribution >= 0.6 is 11.6 Å². The minimum Gasteiger partial charge on any atom is -0.322 e. The number of hydrogen-bond acceptors (Lipinski definition) is 3. The van der Waals surface area contributed by atoms with E-state index in [-0.39, 0.29) is 17.0 Å². The van der Waals surface area contributed by atoms with Gasteiger partial charge in [0.15, 0.2) is 5.65 Å². The van der Waals surface area contributed by atoms with Gasteiger partial charge in [0.1, 0.15) is 5.82 Å². The molecule has 7 heteroatoms. The first-order chi connectivity index (χ1) is 11.4. The predicted molar refractivity (Wildman–Crippen MR) is 92.0 cm³/mol. The molecule has 3 aromatic rings. The largest absolute Gasteiger partial charge is 0.322 e. The van der Waals surface area contributed by atoms with Crippen LogP contribution in [0.25, 0.3) is 11.0 Å². The molecule has 1 amide bonds. The molecule has 0 aliphatic rings. The zero-order valence-electron chi connectivity index (χ0n) is 13.5. The number of nitrogens with one attached hydrogen (secondary N) is 1. The Balaban J connectivity index is 1.94. The molecule has 0 spiro atoms. The Bertz CT molecular complexity index is 936. The van der Waals surface area contributed by atoms with E-state index in [1.54, 1.807) is 19.2 Å². The van der Waals surface area contributed by atoms with Crippen molar-refractivity contribution < 1.29 is 9.18 Å². The molecule has 0 saturated heterocycles. The van der Waals surface area contributed by atoms with Crippen molar-refractivity contribution in [2.75, 3.05) is 5.32 Å². The summed E-state index contributed by atoms with van der Waals surface area (Å²) >= 11 is 5.74. The molecule has 0 atom stereocenters. The van der Waals surface area contributed by atoms with Gasteiger partial charge in [0.05, 0.1) is 22.5 Å². The monoisotopic (exact) mass is 346 g/mol. The minimum atomic E-state index is -0.532. The molecule has 2 aromatic heterocycles. The first-order valence-corrected chi connectivity index (χ1v) is 7.86. The lowest BCUT2D eigenvalue weighted by molar-refractivity contribution is 0.102. The van der Waals surface area contributed by atoms with Crippen molar-refractivity contribution in [3.63, 3.8) is 0 Å². The van der Waals surface area contributed by atoms with Crippen LogP contribution in [0.5, 0.6) is 0 Å². The number of carbonyl (C=O) groups is 1. The van der Waals surface area contributed by atoms with Gasteiger partial charge in [-0.05, 0) is 45.0 Å². The summed E-state index contributed by atoms with van der Waals surface area (Å²) in [5.41, 5.74) is 2.19. The fourth-order valence-electron chi connectivity index (χ4n) is 2.45. The Morgan fingerprint density at radius 1 is 1.33 bits per heavy atom. The zero-order valence-corrected chi connectivity index (χ0v) is 14.2. The Morgan fingerprint density at radius 3 is 2.75 bits per heavy atom. The Morgan fingerprint density at radius 2 is 2.08 bits per heavy atom. The molecule has 3 rings (SSSR count). The third-order valence-electron chi connectivity index (χ3n) is 3.67. The molecular formula is C17H16ClFN4O. The fourth-order valence-corrected chi connectivity index (χ4v) is 2.63. The number of amides is 1. The van der Waals surface area contributed by atoms with E-state index in [1.165, 1.54) is 18.2 Å². The second-order valence-corrected chi connectivity index (χ2v) is 6.21. The average Bonchev–Trinajstić information content (AvgIpc) is 2.93. The summed E-state index contributed by atoms with van der Waals surface area (Å²) in [6.45, 7) is 5.80. The number of carbonyl (C=O) groups excluding carboxylic acids is 1. The van der Waals surface area contributed by atoms with Crippen molar-refractivity contribution in [2.45, 2.75) is 26.8 Å². The van der Waals surface area contributed by atoms with Crippen molar-refractivity contribution in [1.82, 2.24) is 14.8 Å². The summed E-state index contributed by atoms with van der Waals surface area (Å²) < 4.78 is 15.0. The maximum Gasteiger partial charge on any atom is 0.257 e. The number of anilines is 1. The number of aryl methyl sites for hydroxylation is 1. The van der Waals surface area contributed by atoms with E-state index in [4.69, 9.17) is 11.6 Å². The van der Waals surface area contributed by atoms with Gasteiger partial charge in [0.2, 0.25) is 0 Å². The van der Waals surface area contributed by atoms with Crippen LogP contribution in [0.1, 0.15) is 35.9 Å². The Kier molecular flexibility index (Phi) is 4.24. The van der Waals surface area contributed by atoms with Crippen molar-refractivity contribution in [3.8, 4) is 0 Å². The highest BCUT2D eigenvalue weighted by molar-refractivity contribution is 6.31. The highest BCUT2D eigenvalue weighted by atomic mass is 35.5. The number of benzene rings is 1. The van der Waals surface area contributed by atoms with Gasteiger partial charge in [-0.1, -0.05) is 11.6 Å². The summed E-state index contributed by atoms with van der Waals surface area (Å²) in [6.07, 6.45) is 1.69. The summed E-state index contributed by atoms with van der Waals surface area (Å²) in [5.74, 6) is -0.864. The number of nitrogens with zero attached hydrogens (tertiary/aromatic N) is 3. The molecule has 124 valence electrons. The second kappa shape index (κ2) is 6.20. The van der Waals surface area contributed by atoms with Crippen LogP contribution in [-0.4, -0.2) is 20.7 Å². The van der Waals surface area contributed by atoms with Crippen molar-refractivity contribution in [3.05, 3.63) is 52.6 Å².